The number of nitrogens with one attached hydrogen (secondary N) is 1. The van der Waals surface area contributed by atoms with E-state index in [9.17, 15) is 26.2 Å². The molecule has 0 aliphatic rings. The van der Waals surface area contributed by atoms with E-state index in [4.69, 9.17) is 0 Å². The van der Waals surface area contributed by atoms with Crippen LogP contribution in [0.5, 0.6) is 0 Å². The molecule has 0 heterocycles. The fraction of sp³-hybridized carbons (Fsp3) is 1.00. The van der Waals surface area contributed by atoms with Gasteiger partial charge in [0.1, 0.15) is 0 Å². The molecule has 0 aromatic rings. The predicted molar refractivity (Wildman–Crippen MR) is 37.4 cm³/mol. The van der Waals surface area contributed by atoms with Crippen molar-refractivity contribution in [2.75, 3.05) is 0 Å². The van der Waals surface area contributed by atoms with Gasteiger partial charge < -0.3 is 0 Å². The summed E-state index contributed by atoms with van der Waals surface area (Å²) in [5, 5.41) is 0. The Kier molecular flexibility index (Phi) is 3.48. The molecule has 0 fully saturated rings. The van der Waals surface area contributed by atoms with Crippen LogP contribution < -0.4 is 4.49 Å². The Hall–Kier alpha value is 0.510. The Labute approximate surface area is 75.1 Å². The molecule has 0 bridgehead atoms. The van der Waals surface area contributed by atoms with Gasteiger partial charge in [-0.2, -0.15) is 13.2 Å². The molecule has 0 saturated carbocycles. The van der Waals surface area contributed by atoms with Gasteiger partial charge in [0, 0.05) is 0 Å². The summed E-state index contributed by atoms with van der Waals surface area (Å²) >= 11 is 9.11. The van der Waals surface area contributed by atoms with E-state index >= 15 is 0 Å². The number of hydrogen-bond donors (Lipinski definition) is 1. The molecule has 0 aromatic heterocycles. The van der Waals surface area contributed by atoms with Gasteiger partial charge in [0.05, 0.1) is 0 Å². The Morgan fingerprint density at radius 1 is 1.25 bits per heavy atom. The van der Waals surface area contributed by atoms with E-state index in [0.717, 1.165) is 0 Å². The summed E-state index contributed by atoms with van der Waals surface area (Å²) in [5.74, 6) is -4.50. The van der Waals surface area contributed by atoms with Gasteiger partial charge in [0.15, 0.2) is 0 Å². The van der Waals surface area contributed by atoms with E-state index in [1.165, 1.54) is 0 Å². The number of hydrogen-bond acceptors (Lipinski definition) is 3. The Bertz CT molecular complexity index is 304. The van der Waals surface area contributed by atoms with Crippen molar-refractivity contribution in [1.29, 1.82) is 0 Å². The molecule has 0 aromatic carbocycles. The first-order valence-electron chi connectivity index (χ1n) is 2.05. The van der Waals surface area contributed by atoms with Crippen molar-refractivity contribution >= 4 is 38.5 Å². The van der Waals surface area contributed by atoms with Gasteiger partial charge in [0.25, 0.3) is 0 Å². The standard InChI is InChI=1S/CHCl2F3NO3PS/c2-11(3,8)7-12(9,10)1(4,5)6/h(H,7,8). The molecule has 11 heteroatoms. The topological polar surface area (TPSA) is 63.2 Å². The molecule has 0 rings (SSSR count). The average molecular weight is 266 g/mol. The fourth-order valence-corrected chi connectivity index (χ4v) is 3.36. The second kappa shape index (κ2) is 3.34. The molecule has 0 spiro atoms. The van der Waals surface area contributed by atoms with E-state index in [1.54, 1.807) is 0 Å². The van der Waals surface area contributed by atoms with Crippen LogP contribution >= 0.6 is 28.5 Å². The van der Waals surface area contributed by atoms with Crippen molar-refractivity contribution in [3.63, 3.8) is 0 Å². The molecule has 0 amide bonds. The third-order valence-corrected chi connectivity index (χ3v) is 4.19. The molecule has 0 atom stereocenters. The van der Waals surface area contributed by atoms with E-state index in [0.29, 0.717) is 4.49 Å². The molecule has 74 valence electrons. The monoisotopic (exact) mass is 265 g/mol. The van der Waals surface area contributed by atoms with Crippen LogP contribution in [0.1, 0.15) is 0 Å². The minimum Gasteiger partial charge on any atom is -0.270 e. The molecular formula is CHCl2F3NO3PS. The van der Waals surface area contributed by atoms with Crippen LogP contribution in [0, 0.1) is 0 Å². The number of alkyl halides is 3. The van der Waals surface area contributed by atoms with E-state index in [-0.39, 0.29) is 0 Å². The fourth-order valence-electron chi connectivity index (χ4n) is 0.192. The normalized spacial score (nSPS) is 14.8. The SMILES string of the molecule is O=P(Cl)(Cl)NS(=O)(=O)C(F)(F)F. The first-order chi connectivity index (χ1) is 4.96. The number of sulfonamides is 1. The summed E-state index contributed by atoms with van der Waals surface area (Å²) in [7, 11) is -5.73. The molecular weight excluding hydrogens is 265 g/mol. The van der Waals surface area contributed by atoms with E-state index in [2.05, 4.69) is 22.5 Å². The minimum absolute atomic E-state index is 0.569. The van der Waals surface area contributed by atoms with Crippen LogP contribution in [0.4, 0.5) is 13.2 Å². The summed E-state index contributed by atoms with van der Waals surface area (Å²) in [5.41, 5.74) is -5.58. The lowest BCUT2D eigenvalue weighted by Crippen LogP contribution is -2.32. The largest absolute Gasteiger partial charge is 0.511 e. The maximum absolute atomic E-state index is 11.5. The summed E-state index contributed by atoms with van der Waals surface area (Å²) in [6.45, 7) is 0. The summed E-state index contributed by atoms with van der Waals surface area (Å²) in [6.07, 6.45) is 0. The highest BCUT2D eigenvalue weighted by Crippen LogP contribution is 2.53. The lowest BCUT2D eigenvalue weighted by atomic mass is 11.6. The number of rotatable bonds is 2. The maximum Gasteiger partial charge on any atom is 0.511 e. The highest BCUT2D eigenvalue weighted by molar-refractivity contribution is 8.14. The minimum atomic E-state index is -5.73. The van der Waals surface area contributed by atoms with Crippen molar-refractivity contribution in [2.24, 2.45) is 0 Å². The average Bonchev–Trinajstić information content (AvgIpc) is 1.52. The molecule has 4 nitrogen and oxygen atoms in total. The third-order valence-electron chi connectivity index (χ3n) is 0.531. The van der Waals surface area contributed by atoms with Gasteiger partial charge >= 0.3 is 21.5 Å². The third kappa shape index (κ3) is 3.95. The highest BCUT2D eigenvalue weighted by atomic mass is 35.9. The summed E-state index contributed by atoms with van der Waals surface area (Å²) < 4.78 is 65.4. The van der Waals surface area contributed by atoms with E-state index < -0.39 is 21.5 Å². The van der Waals surface area contributed by atoms with Crippen LogP contribution in [0.25, 0.3) is 0 Å². The highest BCUT2D eigenvalue weighted by Gasteiger charge is 2.48. The van der Waals surface area contributed by atoms with Crippen molar-refractivity contribution in [2.45, 2.75) is 5.51 Å². The second-order valence-corrected chi connectivity index (χ2v) is 8.00. The van der Waals surface area contributed by atoms with Crippen LogP contribution in [0.2, 0.25) is 0 Å². The smallest absolute Gasteiger partial charge is 0.270 e. The molecule has 0 unspecified atom stereocenters. The quantitative estimate of drug-likeness (QED) is 0.777. The summed E-state index contributed by atoms with van der Waals surface area (Å²) in [6, 6.07) is 0. The Balaban J connectivity index is 4.83. The maximum atomic E-state index is 11.5. The Morgan fingerprint density at radius 2 is 1.58 bits per heavy atom. The molecule has 0 saturated heterocycles. The molecule has 0 aliphatic heterocycles. The zero-order valence-corrected chi connectivity index (χ0v) is 8.19. The van der Waals surface area contributed by atoms with Crippen LogP contribution in [0.3, 0.4) is 0 Å². The van der Waals surface area contributed by atoms with Gasteiger partial charge in [-0.25, -0.2) is 8.42 Å². The zero-order valence-electron chi connectivity index (χ0n) is 4.97. The van der Waals surface area contributed by atoms with Gasteiger partial charge in [-0.3, -0.25) is 4.57 Å². The first-order valence-corrected chi connectivity index (χ1v) is 7.05. The summed E-state index contributed by atoms with van der Waals surface area (Å²) in [4.78, 5) is 0. The zero-order chi connectivity index (χ0) is 10.2. The Morgan fingerprint density at radius 3 is 1.67 bits per heavy atom. The van der Waals surface area contributed by atoms with Crippen LogP contribution in [0.15, 0.2) is 0 Å². The van der Waals surface area contributed by atoms with Gasteiger partial charge in [-0.1, -0.05) is 0 Å². The molecule has 0 radical (unpaired) electrons. The second-order valence-electron chi connectivity index (χ2n) is 1.50. The van der Waals surface area contributed by atoms with Crippen molar-refractivity contribution in [1.82, 2.24) is 4.49 Å². The van der Waals surface area contributed by atoms with Crippen molar-refractivity contribution < 1.29 is 26.2 Å². The van der Waals surface area contributed by atoms with Crippen LogP contribution in [-0.4, -0.2) is 13.9 Å². The molecule has 0 aliphatic carbocycles. The van der Waals surface area contributed by atoms with E-state index in [1.807, 2.05) is 0 Å². The van der Waals surface area contributed by atoms with Gasteiger partial charge in [-0.15, -0.1) is 4.49 Å². The molecule has 12 heavy (non-hydrogen) atoms. The van der Waals surface area contributed by atoms with Gasteiger partial charge in [-0.05, 0) is 22.5 Å². The molecule has 1 N–H and O–H groups in total. The van der Waals surface area contributed by atoms with Gasteiger partial charge in [0.2, 0.25) is 0 Å². The van der Waals surface area contributed by atoms with Crippen LogP contribution in [-0.2, 0) is 14.6 Å². The number of halogens is 5. The predicted octanol–water partition coefficient (Wildman–Crippen LogP) is 2.01. The lowest BCUT2D eigenvalue weighted by molar-refractivity contribution is -0.0441. The lowest BCUT2D eigenvalue weighted by Gasteiger charge is -2.08. The first kappa shape index (κ1) is 12.5. The van der Waals surface area contributed by atoms with Crippen molar-refractivity contribution in [3.05, 3.63) is 0 Å². The van der Waals surface area contributed by atoms with Crippen molar-refractivity contribution in [3.8, 4) is 0 Å².